The molecule has 0 radical (unpaired) electrons. The summed E-state index contributed by atoms with van der Waals surface area (Å²) in [4.78, 5) is 15.0. The van der Waals surface area contributed by atoms with Crippen LogP contribution in [0.4, 0.5) is 0 Å². The fraction of sp³-hybridized carbons (Fsp3) is 0.200. The van der Waals surface area contributed by atoms with E-state index in [4.69, 9.17) is 14.6 Å². The number of carboxylic acid groups (broad SMARTS) is 1. The zero-order valence-electron chi connectivity index (χ0n) is 14.0. The maximum Gasteiger partial charge on any atom is 0.303 e. The average Bonchev–Trinajstić information content (AvgIpc) is 2.63. The molecule has 0 aliphatic carbocycles. The highest BCUT2D eigenvalue weighted by atomic mass is 16.5. The zero-order valence-corrected chi connectivity index (χ0v) is 14.0. The second-order valence-electron chi connectivity index (χ2n) is 5.29. The number of hydrogen-bond acceptors (Lipinski definition) is 4. The van der Waals surface area contributed by atoms with Crippen LogP contribution in [0.5, 0.6) is 11.5 Å². The summed E-state index contributed by atoms with van der Waals surface area (Å²) < 4.78 is 11.3. The van der Waals surface area contributed by atoms with Crippen molar-refractivity contribution in [3.8, 4) is 11.5 Å². The van der Waals surface area contributed by atoms with Crippen LogP contribution >= 0.6 is 0 Å². The Kier molecular flexibility index (Phi) is 6.77. The highest BCUT2D eigenvalue weighted by Gasteiger charge is 2.04. The third-order valence-corrected chi connectivity index (χ3v) is 3.42. The van der Waals surface area contributed by atoms with Crippen LogP contribution in [-0.4, -0.2) is 22.7 Å². The number of carboxylic acids is 1. The van der Waals surface area contributed by atoms with Crippen molar-refractivity contribution in [1.29, 1.82) is 0 Å². The van der Waals surface area contributed by atoms with Crippen LogP contribution in [0.2, 0.25) is 0 Å². The van der Waals surface area contributed by atoms with Gasteiger partial charge in [0.1, 0.15) is 18.1 Å². The lowest BCUT2D eigenvalue weighted by molar-refractivity contribution is -0.137. The maximum absolute atomic E-state index is 10.5. The monoisotopic (exact) mass is 339 g/mol. The highest BCUT2D eigenvalue weighted by Crippen LogP contribution is 2.21. The van der Waals surface area contributed by atoms with Gasteiger partial charge in [0.15, 0.2) is 0 Å². The summed E-state index contributed by atoms with van der Waals surface area (Å²) in [6.45, 7) is 8.17. The van der Waals surface area contributed by atoms with Crippen molar-refractivity contribution in [3.05, 3.63) is 66.5 Å². The fourth-order valence-corrected chi connectivity index (χ4v) is 2.17. The van der Waals surface area contributed by atoms with Gasteiger partial charge in [-0.05, 0) is 36.3 Å². The zero-order chi connectivity index (χ0) is 18.1. The largest absolute Gasteiger partial charge is 0.493 e. The number of carbonyl (C=O) groups is 1. The summed E-state index contributed by atoms with van der Waals surface area (Å²) in [6, 6.07) is 11.0. The van der Waals surface area contributed by atoms with E-state index in [9.17, 15) is 4.79 Å². The minimum absolute atomic E-state index is 0.0915. The van der Waals surface area contributed by atoms with Gasteiger partial charge in [-0.2, -0.15) is 0 Å². The van der Waals surface area contributed by atoms with E-state index in [1.165, 1.54) is 0 Å². The van der Waals surface area contributed by atoms with E-state index in [2.05, 4.69) is 18.1 Å². The van der Waals surface area contributed by atoms with E-state index in [-0.39, 0.29) is 6.42 Å². The molecule has 0 aliphatic heterocycles. The summed E-state index contributed by atoms with van der Waals surface area (Å²) in [5.74, 6) is 0.477. The van der Waals surface area contributed by atoms with Crippen molar-refractivity contribution in [3.63, 3.8) is 0 Å². The normalized spacial score (nSPS) is 10.1. The quantitative estimate of drug-likeness (QED) is 0.657. The molecule has 1 N–H and O–H groups in total. The number of aromatic nitrogens is 1. The first-order chi connectivity index (χ1) is 12.1. The Morgan fingerprint density at radius 2 is 1.88 bits per heavy atom. The van der Waals surface area contributed by atoms with Crippen LogP contribution in [0.1, 0.15) is 29.8 Å². The van der Waals surface area contributed by atoms with Gasteiger partial charge in [0, 0.05) is 12.5 Å². The molecule has 0 aliphatic rings. The SMILES string of the molecule is C=Cc1ccc(COc2cccc(OCCCC(=O)O)c2)nc1C=C. The topological polar surface area (TPSA) is 68.7 Å². The van der Waals surface area contributed by atoms with Crippen LogP contribution < -0.4 is 9.47 Å². The molecule has 0 bridgehead atoms. The van der Waals surface area contributed by atoms with Gasteiger partial charge < -0.3 is 14.6 Å². The molecule has 0 atom stereocenters. The van der Waals surface area contributed by atoms with Gasteiger partial charge in [0.05, 0.1) is 18.0 Å². The first-order valence-corrected chi connectivity index (χ1v) is 7.94. The predicted molar refractivity (Wildman–Crippen MR) is 97.6 cm³/mol. The van der Waals surface area contributed by atoms with Gasteiger partial charge in [0.25, 0.3) is 0 Å². The molecule has 2 rings (SSSR count). The molecule has 1 aromatic heterocycles. The Balaban J connectivity index is 1.92. The van der Waals surface area contributed by atoms with E-state index < -0.39 is 5.97 Å². The molecule has 130 valence electrons. The van der Waals surface area contributed by atoms with E-state index >= 15 is 0 Å². The van der Waals surface area contributed by atoms with Gasteiger partial charge in [0.2, 0.25) is 0 Å². The summed E-state index contributed by atoms with van der Waals surface area (Å²) in [5, 5.41) is 8.61. The minimum Gasteiger partial charge on any atom is -0.493 e. The molecule has 0 saturated heterocycles. The summed E-state index contributed by atoms with van der Waals surface area (Å²) in [6.07, 6.45) is 3.98. The van der Waals surface area contributed by atoms with Crippen LogP contribution in [-0.2, 0) is 11.4 Å². The number of benzene rings is 1. The van der Waals surface area contributed by atoms with E-state index in [1.54, 1.807) is 24.3 Å². The summed E-state index contributed by atoms with van der Waals surface area (Å²) in [7, 11) is 0. The van der Waals surface area contributed by atoms with Crippen molar-refractivity contribution in [1.82, 2.24) is 4.98 Å². The summed E-state index contributed by atoms with van der Waals surface area (Å²) >= 11 is 0. The minimum atomic E-state index is -0.824. The van der Waals surface area contributed by atoms with Crippen LogP contribution in [0.15, 0.2) is 49.6 Å². The third kappa shape index (κ3) is 5.80. The lowest BCUT2D eigenvalue weighted by atomic mass is 10.1. The molecule has 0 saturated carbocycles. The molecule has 2 aromatic rings. The first kappa shape index (κ1) is 18.3. The molecule has 1 aromatic carbocycles. The molecule has 5 nitrogen and oxygen atoms in total. The van der Waals surface area contributed by atoms with E-state index in [0.29, 0.717) is 31.1 Å². The van der Waals surface area contributed by atoms with Crippen molar-refractivity contribution in [2.24, 2.45) is 0 Å². The molecular weight excluding hydrogens is 318 g/mol. The number of pyridine rings is 1. The van der Waals surface area contributed by atoms with Gasteiger partial charge in [-0.25, -0.2) is 4.98 Å². The lowest BCUT2D eigenvalue weighted by Gasteiger charge is -2.10. The van der Waals surface area contributed by atoms with Crippen molar-refractivity contribution in [2.75, 3.05) is 6.61 Å². The molecule has 0 spiro atoms. The van der Waals surface area contributed by atoms with Crippen LogP contribution in [0, 0.1) is 0 Å². The van der Waals surface area contributed by atoms with Gasteiger partial charge >= 0.3 is 5.97 Å². The second kappa shape index (κ2) is 9.27. The third-order valence-electron chi connectivity index (χ3n) is 3.42. The maximum atomic E-state index is 10.5. The number of ether oxygens (including phenoxy) is 2. The summed E-state index contributed by atoms with van der Waals surface area (Å²) in [5.41, 5.74) is 2.48. The van der Waals surface area contributed by atoms with Gasteiger partial charge in [-0.3, -0.25) is 4.79 Å². The number of hydrogen-bond donors (Lipinski definition) is 1. The van der Waals surface area contributed by atoms with Crippen molar-refractivity contribution in [2.45, 2.75) is 19.4 Å². The standard InChI is InChI=1S/C20H21NO4/c1-3-15-10-11-16(21-19(15)4-2)14-25-18-8-5-7-17(13-18)24-12-6-9-20(22)23/h3-5,7-8,10-11,13H,1-2,6,9,12,14H2,(H,22,23). The fourth-order valence-electron chi connectivity index (χ4n) is 2.17. The van der Waals surface area contributed by atoms with Crippen LogP contribution in [0.25, 0.3) is 12.2 Å². The second-order valence-corrected chi connectivity index (χ2v) is 5.29. The van der Waals surface area contributed by atoms with E-state index in [0.717, 1.165) is 17.0 Å². The molecule has 0 fully saturated rings. The average molecular weight is 339 g/mol. The Labute approximate surface area is 147 Å². The Morgan fingerprint density at radius 3 is 2.56 bits per heavy atom. The van der Waals surface area contributed by atoms with Gasteiger partial charge in [-0.15, -0.1) is 0 Å². The number of nitrogens with zero attached hydrogens (tertiary/aromatic N) is 1. The Morgan fingerprint density at radius 1 is 1.12 bits per heavy atom. The molecule has 1 heterocycles. The Bertz CT molecular complexity index is 755. The molecule has 5 heteroatoms. The van der Waals surface area contributed by atoms with Gasteiger partial charge in [-0.1, -0.05) is 31.4 Å². The lowest BCUT2D eigenvalue weighted by Crippen LogP contribution is -2.03. The smallest absolute Gasteiger partial charge is 0.303 e. The molecule has 0 unspecified atom stereocenters. The van der Waals surface area contributed by atoms with Crippen molar-refractivity contribution >= 4 is 18.1 Å². The molecule has 25 heavy (non-hydrogen) atoms. The number of aliphatic carboxylic acids is 1. The highest BCUT2D eigenvalue weighted by molar-refractivity contribution is 5.66. The van der Waals surface area contributed by atoms with E-state index in [1.807, 2.05) is 24.3 Å². The predicted octanol–water partition coefficient (Wildman–Crippen LogP) is 4.19. The van der Waals surface area contributed by atoms with Crippen molar-refractivity contribution < 1.29 is 19.4 Å². The Hall–Kier alpha value is -3.08. The van der Waals surface area contributed by atoms with Crippen LogP contribution in [0.3, 0.4) is 0 Å². The first-order valence-electron chi connectivity index (χ1n) is 7.94. The molecular formula is C20H21NO4. The molecule has 0 amide bonds. The number of rotatable bonds is 10.